The van der Waals surface area contributed by atoms with E-state index >= 15 is 0 Å². The molecular formula is C32H42N4O6. The number of likely N-dealkylation sites (tertiary alicyclic amines) is 2. The molecule has 3 aliphatic heterocycles. The number of ether oxygens (including phenoxy) is 2. The minimum atomic E-state index is -0.881. The average molecular weight is 579 g/mol. The van der Waals surface area contributed by atoms with Crippen molar-refractivity contribution in [2.45, 2.75) is 64.0 Å². The molecule has 3 heterocycles. The lowest BCUT2D eigenvalue weighted by molar-refractivity contribution is -0.143. The molecule has 3 atom stereocenters. The number of aliphatic carboxylic acids is 1. The van der Waals surface area contributed by atoms with Crippen LogP contribution in [0.15, 0.2) is 42.5 Å². The Balaban J connectivity index is 1.40. The Morgan fingerprint density at radius 3 is 2.69 bits per heavy atom. The van der Waals surface area contributed by atoms with E-state index in [2.05, 4.69) is 6.92 Å². The number of nitrogens with two attached hydrogens (primary N) is 1. The van der Waals surface area contributed by atoms with Gasteiger partial charge in [0.05, 0.1) is 12.5 Å². The number of carboxylic acid groups (broad SMARTS) is 1. The highest BCUT2D eigenvalue weighted by Crippen LogP contribution is 2.43. The van der Waals surface area contributed by atoms with Gasteiger partial charge in [0.25, 0.3) is 0 Å². The summed E-state index contributed by atoms with van der Waals surface area (Å²) in [7, 11) is 0. The van der Waals surface area contributed by atoms with E-state index < -0.39 is 11.9 Å². The zero-order valence-electron chi connectivity index (χ0n) is 24.4. The molecule has 2 fully saturated rings. The monoisotopic (exact) mass is 578 g/mol. The van der Waals surface area contributed by atoms with Gasteiger partial charge in [0.15, 0.2) is 11.5 Å². The fourth-order valence-electron chi connectivity index (χ4n) is 6.59. The molecule has 2 aromatic rings. The number of fused-ring (bicyclic) bond motifs is 1. The summed E-state index contributed by atoms with van der Waals surface area (Å²) in [5, 5.41) is 10.5. The van der Waals surface area contributed by atoms with Crippen molar-refractivity contribution in [3.63, 3.8) is 0 Å². The van der Waals surface area contributed by atoms with Crippen LogP contribution in [0.1, 0.15) is 62.5 Å². The fourth-order valence-corrected chi connectivity index (χ4v) is 6.59. The molecule has 3 N–H and O–H groups in total. The summed E-state index contributed by atoms with van der Waals surface area (Å²) < 4.78 is 11.1. The highest BCUT2D eigenvalue weighted by molar-refractivity contribution is 5.95. The van der Waals surface area contributed by atoms with E-state index in [9.17, 15) is 19.5 Å². The highest BCUT2D eigenvalue weighted by Gasteiger charge is 2.47. The van der Waals surface area contributed by atoms with E-state index in [0.29, 0.717) is 56.9 Å². The first kappa shape index (κ1) is 29.8. The Labute approximate surface area is 247 Å². The second-order valence-electron chi connectivity index (χ2n) is 11.5. The Morgan fingerprint density at radius 2 is 1.95 bits per heavy atom. The van der Waals surface area contributed by atoms with Gasteiger partial charge in [0.1, 0.15) is 0 Å². The molecule has 0 radical (unpaired) electrons. The van der Waals surface area contributed by atoms with Crippen LogP contribution in [-0.4, -0.2) is 78.2 Å². The van der Waals surface area contributed by atoms with Crippen molar-refractivity contribution in [3.05, 3.63) is 53.6 Å². The molecule has 5 rings (SSSR count). The van der Waals surface area contributed by atoms with Crippen LogP contribution >= 0.6 is 0 Å². The third-order valence-electron chi connectivity index (χ3n) is 8.79. The molecule has 0 saturated carbocycles. The number of carbonyl (C=O) groups is 3. The fraction of sp³-hybridized carbons (Fsp3) is 0.531. The quantitative estimate of drug-likeness (QED) is 0.370. The van der Waals surface area contributed by atoms with E-state index in [0.717, 1.165) is 42.6 Å². The minimum absolute atomic E-state index is 0.0622. The maximum absolute atomic E-state index is 14.0. The molecule has 0 aromatic heterocycles. The summed E-state index contributed by atoms with van der Waals surface area (Å²) in [5.74, 6) is -0.562. The lowest BCUT2D eigenvalue weighted by Gasteiger charge is -2.30. The van der Waals surface area contributed by atoms with Gasteiger partial charge in [-0.2, -0.15) is 0 Å². The van der Waals surface area contributed by atoms with Crippen LogP contribution in [0.4, 0.5) is 5.69 Å². The number of rotatable bonds is 13. The lowest BCUT2D eigenvalue weighted by atomic mass is 9.83. The van der Waals surface area contributed by atoms with E-state index in [-0.39, 0.29) is 37.1 Å². The van der Waals surface area contributed by atoms with Crippen LogP contribution in [0.3, 0.4) is 0 Å². The molecule has 0 spiro atoms. The van der Waals surface area contributed by atoms with Gasteiger partial charge in [-0.05, 0) is 61.1 Å². The molecule has 10 heteroatoms. The first-order valence-corrected chi connectivity index (χ1v) is 15.1. The number of anilines is 1. The molecule has 3 unspecified atom stereocenters. The Bertz CT molecular complexity index is 1290. The van der Waals surface area contributed by atoms with Crippen molar-refractivity contribution in [2.24, 2.45) is 11.7 Å². The second kappa shape index (κ2) is 13.6. The largest absolute Gasteiger partial charge is 0.481 e. The van der Waals surface area contributed by atoms with Crippen molar-refractivity contribution >= 4 is 23.5 Å². The Kier molecular flexibility index (Phi) is 9.64. The van der Waals surface area contributed by atoms with Crippen molar-refractivity contribution < 1.29 is 29.0 Å². The normalized spacial score (nSPS) is 21.7. The SMILES string of the molecule is CCCCN(C(=O)CN1CC(c2ccc3c(c2)OCO3)C(C(=O)O)C1CCCN1CCCC1=O)c1cccc(CN)c1. The number of carboxylic acids is 1. The first-order valence-electron chi connectivity index (χ1n) is 15.1. The topological polar surface area (TPSA) is 126 Å². The lowest BCUT2D eigenvalue weighted by Crippen LogP contribution is -2.45. The van der Waals surface area contributed by atoms with E-state index in [1.807, 2.05) is 57.2 Å². The zero-order chi connectivity index (χ0) is 29.6. The molecule has 2 amide bonds. The standard InChI is InChI=1S/C32H42N4O6/c1-2-3-15-36(24-8-4-7-22(16-24)18-33)30(38)20-35-19-25(23-11-12-27-28(17-23)42-21-41-27)31(32(39)40)26(35)9-5-13-34-14-6-10-29(34)37/h4,7-8,11-12,16-17,25-26,31H,2-3,5-6,9-10,13-15,18-21,33H2,1H3,(H,39,40). The van der Waals surface area contributed by atoms with Crippen LogP contribution in [0.25, 0.3) is 0 Å². The van der Waals surface area contributed by atoms with Crippen LogP contribution in [0.5, 0.6) is 11.5 Å². The van der Waals surface area contributed by atoms with Gasteiger partial charge < -0.3 is 30.1 Å². The van der Waals surface area contributed by atoms with Gasteiger partial charge >= 0.3 is 5.97 Å². The maximum atomic E-state index is 14.0. The van der Waals surface area contributed by atoms with E-state index in [4.69, 9.17) is 15.2 Å². The van der Waals surface area contributed by atoms with Gasteiger partial charge in [0.2, 0.25) is 18.6 Å². The van der Waals surface area contributed by atoms with Gasteiger partial charge in [0, 0.05) is 56.8 Å². The number of benzene rings is 2. The van der Waals surface area contributed by atoms with Crippen molar-refractivity contribution in [1.29, 1.82) is 0 Å². The zero-order valence-corrected chi connectivity index (χ0v) is 24.4. The third kappa shape index (κ3) is 6.55. The number of carbonyl (C=O) groups excluding carboxylic acids is 2. The third-order valence-corrected chi connectivity index (χ3v) is 8.79. The van der Waals surface area contributed by atoms with E-state index in [1.165, 1.54) is 0 Å². The highest BCUT2D eigenvalue weighted by atomic mass is 16.7. The van der Waals surface area contributed by atoms with Crippen LogP contribution in [-0.2, 0) is 20.9 Å². The number of hydrogen-bond acceptors (Lipinski definition) is 7. The molecule has 10 nitrogen and oxygen atoms in total. The molecule has 3 aliphatic rings. The van der Waals surface area contributed by atoms with Gasteiger partial charge in [-0.1, -0.05) is 31.5 Å². The second-order valence-corrected chi connectivity index (χ2v) is 11.5. The van der Waals surface area contributed by atoms with Gasteiger partial charge in [-0.25, -0.2) is 0 Å². The minimum Gasteiger partial charge on any atom is -0.481 e. The average Bonchev–Trinajstić information content (AvgIpc) is 3.72. The Hall–Kier alpha value is -3.63. The van der Waals surface area contributed by atoms with Crippen LogP contribution in [0, 0.1) is 5.92 Å². The summed E-state index contributed by atoms with van der Waals surface area (Å²) in [5.41, 5.74) is 8.50. The first-order chi connectivity index (χ1) is 20.4. The smallest absolute Gasteiger partial charge is 0.308 e. The maximum Gasteiger partial charge on any atom is 0.308 e. The van der Waals surface area contributed by atoms with Gasteiger partial charge in [-0.3, -0.25) is 19.3 Å². The predicted molar refractivity (Wildman–Crippen MR) is 158 cm³/mol. The van der Waals surface area contributed by atoms with Crippen LogP contribution < -0.4 is 20.1 Å². The number of unbranched alkanes of at least 4 members (excludes halogenated alkanes) is 1. The predicted octanol–water partition coefficient (Wildman–Crippen LogP) is 3.58. The summed E-state index contributed by atoms with van der Waals surface area (Å²) >= 11 is 0. The Morgan fingerprint density at radius 1 is 1.12 bits per heavy atom. The van der Waals surface area contributed by atoms with Crippen molar-refractivity contribution in [2.75, 3.05) is 44.4 Å². The summed E-state index contributed by atoms with van der Waals surface area (Å²) in [4.78, 5) is 44.7. The summed E-state index contributed by atoms with van der Waals surface area (Å²) in [6.45, 7) is 5.09. The molecule has 2 saturated heterocycles. The summed E-state index contributed by atoms with van der Waals surface area (Å²) in [6.07, 6.45) is 4.49. The molecular weight excluding hydrogens is 536 g/mol. The van der Waals surface area contributed by atoms with Crippen molar-refractivity contribution in [3.8, 4) is 11.5 Å². The molecule has 42 heavy (non-hydrogen) atoms. The number of amides is 2. The molecule has 0 bridgehead atoms. The number of nitrogens with zero attached hydrogens (tertiary/aromatic N) is 3. The number of hydrogen-bond donors (Lipinski definition) is 2. The molecule has 0 aliphatic carbocycles. The van der Waals surface area contributed by atoms with Crippen molar-refractivity contribution in [1.82, 2.24) is 9.80 Å². The molecule has 2 aromatic carbocycles. The van der Waals surface area contributed by atoms with E-state index in [1.54, 1.807) is 0 Å². The molecule has 226 valence electrons. The van der Waals surface area contributed by atoms with Gasteiger partial charge in [-0.15, -0.1) is 0 Å². The van der Waals surface area contributed by atoms with Crippen LogP contribution in [0.2, 0.25) is 0 Å². The summed E-state index contributed by atoms with van der Waals surface area (Å²) in [6, 6.07) is 13.0.